The SMILES string of the molecule is COc1ccccc1N1CCN(S(=O)(=O)CCNS(=O)(=O)c2ccc3c(c2)OCCO3)CC1. The van der Waals surface area contributed by atoms with Gasteiger partial charge in [0.1, 0.15) is 19.0 Å². The summed E-state index contributed by atoms with van der Waals surface area (Å²) in [5.41, 5.74) is 0.921. The van der Waals surface area contributed by atoms with Gasteiger partial charge in [-0.2, -0.15) is 4.31 Å². The number of hydrogen-bond donors (Lipinski definition) is 1. The molecule has 0 radical (unpaired) electrons. The summed E-state index contributed by atoms with van der Waals surface area (Å²) >= 11 is 0. The van der Waals surface area contributed by atoms with Gasteiger partial charge in [0, 0.05) is 38.8 Å². The highest BCUT2D eigenvalue weighted by atomic mass is 32.2. The molecule has 0 amide bonds. The number of para-hydroxylation sites is 2. The van der Waals surface area contributed by atoms with Crippen molar-refractivity contribution in [1.29, 1.82) is 0 Å². The van der Waals surface area contributed by atoms with Gasteiger partial charge in [-0.15, -0.1) is 0 Å². The van der Waals surface area contributed by atoms with Crippen molar-refractivity contribution in [2.24, 2.45) is 0 Å². The highest BCUT2D eigenvalue weighted by Gasteiger charge is 2.28. The number of nitrogens with one attached hydrogen (secondary N) is 1. The van der Waals surface area contributed by atoms with E-state index in [0.29, 0.717) is 50.9 Å². The van der Waals surface area contributed by atoms with E-state index in [9.17, 15) is 16.8 Å². The molecule has 1 N–H and O–H groups in total. The maximum absolute atomic E-state index is 12.8. The maximum atomic E-state index is 12.8. The van der Waals surface area contributed by atoms with Crippen molar-refractivity contribution in [1.82, 2.24) is 9.03 Å². The number of rotatable bonds is 8. The second-order valence-electron chi connectivity index (χ2n) is 7.58. The lowest BCUT2D eigenvalue weighted by Crippen LogP contribution is -2.50. The van der Waals surface area contributed by atoms with E-state index in [1.807, 2.05) is 24.3 Å². The van der Waals surface area contributed by atoms with Gasteiger partial charge in [0.25, 0.3) is 0 Å². The monoisotopic (exact) mass is 497 g/mol. The van der Waals surface area contributed by atoms with Crippen molar-refractivity contribution in [2.75, 3.05) is 63.7 Å². The molecule has 0 bridgehead atoms. The van der Waals surface area contributed by atoms with Crippen LogP contribution in [-0.2, 0) is 20.0 Å². The van der Waals surface area contributed by atoms with E-state index in [0.717, 1.165) is 11.4 Å². The molecule has 0 unspecified atom stereocenters. The maximum Gasteiger partial charge on any atom is 0.240 e. The Labute approximate surface area is 194 Å². The number of methoxy groups -OCH3 is 1. The van der Waals surface area contributed by atoms with E-state index in [1.54, 1.807) is 7.11 Å². The molecule has 0 atom stereocenters. The molecule has 33 heavy (non-hydrogen) atoms. The van der Waals surface area contributed by atoms with Gasteiger partial charge in [-0.05, 0) is 24.3 Å². The third-order valence-electron chi connectivity index (χ3n) is 5.53. The number of fused-ring (bicyclic) bond motifs is 1. The summed E-state index contributed by atoms with van der Waals surface area (Å²) in [6.45, 7) is 2.18. The average molecular weight is 498 g/mol. The molecule has 2 heterocycles. The largest absolute Gasteiger partial charge is 0.495 e. The van der Waals surface area contributed by atoms with Crippen LogP contribution in [0.2, 0.25) is 0 Å². The Kier molecular flexibility index (Phi) is 6.98. The van der Waals surface area contributed by atoms with E-state index >= 15 is 0 Å². The van der Waals surface area contributed by atoms with Crippen molar-refractivity contribution in [3.8, 4) is 17.2 Å². The lowest BCUT2D eigenvalue weighted by Gasteiger charge is -2.35. The third kappa shape index (κ3) is 5.35. The Morgan fingerprint density at radius 3 is 2.36 bits per heavy atom. The molecule has 4 rings (SSSR count). The van der Waals surface area contributed by atoms with Crippen LogP contribution in [0, 0.1) is 0 Å². The van der Waals surface area contributed by atoms with Crippen LogP contribution in [0.5, 0.6) is 17.2 Å². The Bertz CT molecular complexity index is 1190. The molecule has 0 aliphatic carbocycles. The van der Waals surface area contributed by atoms with Gasteiger partial charge in [-0.3, -0.25) is 0 Å². The quantitative estimate of drug-likeness (QED) is 0.572. The molecule has 1 saturated heterocycles. The molecule has 1 fully saturated rings. The van der Waals surface area contributed by atoms with Crippen LogP contribution in [0.1, 0.15) is 0 Å². The normalized spacial score (nSPS) is 17.1. The van der Waals surface area contributed by atoms with Gasteiger partial charge in [0.05, 0.1) is 23.4 Å². The van der Waals surface area contributed by atoms with E-state index < -0.39 is 20.0 Å². The van der Waals surface area contributed by atoms with Gasteiger partial charge in [-0.25, -0.2) is 21.6 Å². The van der Waals surface area contributed by atoms with Crippen LogP contribution in [0.15, 0.2) is 47.4 Å². The molecule has 0 aromatic heterocycles. The van der Waals surface area contributed by atoms with Crippen molar-refractivity contribution >= 4 is 25.7 Å². The first-order valence-corrected chi connectivity index (χ1v) is 13.6. The molecule has 2 aliphatic heterocycles. The van der Waals surface area contributed by atoms with Gasteiger partial charge >= 0.3 is 0 Å². The molecule has 12 heteroatoms. The highest BCUT2D eigenvalue weighted by molar-refractivity contribution is 7.90. The standard InChI is InChI=1S/C21H27N3O7S2/c1-29-19-5-3-2-4-18(19)23-9-11-24(12-10-23)32(25,26)15-8-22-33(27,28)17-6-7-20-21(16-17)31-14-13-30-20/h2-7,16,22H,8-15H2,1H3. The average Bonchev–Trinajstić information content (AvgIpc) is 2.83. The zero-order valence-corrected chi connectivity index (χ0v) is 19.9. The molecule has 2 aromatic rings. The van der Waals surface area contributed by atoms with E-state index in [1.165, 1.54) is 22.5 Å². The third-order valence-corrected chi connectivity index (χ3v) is 8.86. The first-order valence-electron chi connectivity index (χ1n) is 10.6. The zero-order valence-electron chi connectivity index (χ0n) is 18.3. The van der Waals surface area contributed by atoms with E-state index in [-0.39, 0.29) is 17.2 Å². The topological polar surface area (TPSA) is 114 Å². The summed E-state index contributed by atoms with van der Waals surface area (Å²) in [5.74, 6) is 1.24. The van der Waals surface area contributed by atoms with Crippen LogP contribution in [0.25, 0.3) is 0 Å². The van der Waals surface area contributed by atoms with Gasteiger partial charge in [-0.1, -0.05) is 12.1 Å². The molecule has 180 valence electrons. The summed E-state index contributed by atoms with van der Waals surface area (Å²) < 4.78 is 70.7. The minimum absolute atomic E-state index is 0.00503. The van der Waals surface area contributed by atoms with Crippen molar-refractivity contribution in [2.45, 2.75) is 4.90 Å². The Balaban J connectivity index is 1.32. The van der Waals surface area contributed by atoms with Crippen LogP contribution in [0.3, 0.4) is 0 Å². The predicted molar refractivity (Wildman–Crippen MR) is 123 cm³/mol. The Morgan fingerprint density at radius 1 is 0.939 bits per heavy atom. The van der Waals surface area contributed by atoms with Crippen LogP contribution >= 0.6 is 0 Å². The summed E-state index contributed by atoms with van der Waals surface area (Å²) in [5, 5.41) is 0. The van der Waals surface area contributed by atoms with Crippen molar-refractivity contribution in [3.63, 3.8) is 0 Å². The minimum atomic E-state index is -3.89. The number of benzene rings is 2. The number of hydrogen-bond acceptors (Lipinski definition) is 8. The second-order valence-corrected chi connectivity index (χ2v) is 11.4. The summed E-state index contributed by atoms with van der Waals surface area (Å²) in [6.07, 6.45) is 0. The smallest absolute Gasteiger partial charge is 0.240 e. The molecule has 2 aliphatic rings. The van der Waals surface area contributed by atoms with Crippen LogP contribution in [0.4, 0.5) is 5.69 Å². The fourth-order valence-corrected chi connectivity index (χ4v) is 6.32. The lowest BCUT2D eigenvalue weighted by atomic mass is 10.2. The highest BCUT2D eigenvalue weighted by Crippen LogP contribution is 2.32. The van der Waals surface area contributed by atoms with Gasteiger partial charge < -0.3 is 19.1 Å². The molecular weight excluding hydrogens is 470 g/mol. The zero-order chi connectivity index (χ0) is 23.5. The van der Waals surface area contributed by atoms with Gasteiger partial charge in [0.2, 0.25) is 20.0 Å². The Hall–Kier alpha value is -2.54. The molecule has 0 saturated carbocycles. The van der Waals surface area contributed by atoms with Crippen molar-refractivity contribution in [3.05, 3.63) is 42.5 Å². The summed E-state index contributed by atoms with van der Waals surface area (Å²) in [4.78, 5) is 2.07. The molecule has 0 spiro atoms. The van der Waals surface area contributed by atoms with E-state index in [2.05, 4.69) is 9.62 Å². The minimum Gasteiger partial charge on any atom is -0.495 e. The predicted octanol–water partition coefficient (Wildman–Crippen LogP) is 0.897. The van der Waals surface area contributed by atoms with Crippen molar-refractivity contribution < 1.29 is 31.0 Å². The van der Waals surface area contributed by atoms with Crippen LogP contribution < -0.4 is 23.8 Å². The first kappa shape index (κ1) is 23.6. The molecule has 10 nitrogen and oxygen atoms in total. The summed E-state index contributed by atoms with van der Waals surface area (Å²) in [7, 11) is -5.91. The Morgan fingerprint density at radius 2 is 1.64 bits per heavy atom. The first-order chi connectivity index (χ1) is 15.8. The lowest BCUT2D eigenvalue weighted by molar-refractivity contribution is 0.171. The van der Waals surface area contributed by atoms with E-state index in [4.69, 9.17) is 14.2 Å². The number of nitrogens with zero attached hydrogens (tertiary/aromatic N) is 2. The number of sulfonamides is 2. The number of anilines is 1. The fourth-order valence-electron chi connectivity index (χ4n) is 3.81. The molecular formula is C21H27N3O7S2. The number of piperazine rings is 1. The molecule has 2 aromatic carbocycles. The van der Waals surface area contributed by atoms with Crippen LogP contribution in [-0.4, -0.2) is 79.9 Å². The fraction of sp³-hybridized carbons (Fsp3) is 0.429. The second kappa shape index (κ2) is 9.75. The number of ether oxygens (including phenoxy) is 3. The van der Waals surface area contributed by atoms with Gasteiger partial charge in [0.15, 0.2) is 11.5 Å². The summed E-state index contributed by atoms with van der Waals surface area (Å²) in [6, 6.07) is 11.9.